The predicted octanol–water partition coefficient (Wildman–Crippen LogP) is 1.92. The SMILES string of the molecule is CC1(CNCc2ccccc2)CCCN1. The molecule has 1 atom stereocenters. The van der Waals surface area contributed by atoms with E-state index in [-0.39, 0.29) is 0 Å². The summed E-state index contributed by atoms with van der Waals surface area (Å²) >= 11 is 0. The molecule has 0 saturated carbocycles. The summed E-state index contributed by atoms with van der Waals surface area (Å²) in [6.07, 6.45) is 2.60. The molecule has 0 aromatic heterocycles. The molecule has 0 spiro atoms. The van der Waals surface area contributed by atoms with Crippen molar-refractivity contribution in [1.82, 2.24) is 10.6 Å². The molecule has 1 aliphatic heterocycles. The summed E-state index contributed by atoms with van der Waals surface area (Å²) in [6.45, 7) is 5.50. The summed E-state index contributed by atoms with van der Waals surface area (Å²) < 4.78 is 0. The van der Waals surface area contributed by atoms with Gasteiger partial charge in [-0.15, -0.1) is 0 Å². The summed E-state index contributed by atoms with van der Waals surface area (Å²) in [5.41, 5.74) is 1.67. The van der Waals surface area contributed by atoms with Gasteiger partial charge in [-0.3, -0.25) is 0 Å². The van der Waals surface area contributed by atoms with Crippen LogP contribution >= 0.6 is 0 Å². The van der Waals surface area contributed by atoms with Crippen LogP contribution in [0.5, 0.6) is 0 Å². The monoisotopic (exact) mass is 204 g/mol. The minimum absolute atomic E-state index is 0.314. The van der Waals surface area contributed by atoms with Gasteiger partial charge in [-0.1, -0.05) is 30.3 Å². The minimum atomic E-state index is 0.314. The quantitative estimate of drug-likeness (QED) is 0.783. The van der Waals surface area contributed by atoms with Crippen molar-refractivity contribution in [3.05, 3.63) is 35.9 Å². The Bertz CT molecular complexity index is 289. The van der Waals surface area contributed by atoms with Crippen molar-refractivity contribution < 1.29 is 0 Å². The van der Waals surface area contributed by atoms with Gasteiger partial charge in [0.15, 0.2) is 0 Å². The van der Waals surface area contributed by atoms with E-state index < -0.39 is 0 Å². The van der Waals surface area contributed by atoms with Crippen LogP contribution in [0.3, 0.4) is 0 Å². The zero-order valence-corrected chi connectivity index (χ0v) is 9.42. The summed E-state index contributed by atoms with van der Waals surface area (Å²) in [5, 5.41) is 7.08. The highest BCUT2D eigenvalue weighted by Crippen LogP contribution is 2.17. The van der Waals surface area contributed by atoms with Crippen molar-refractivity contribution in [1.29, 1.82) is 0 Å². The molecule has 2 nitrogen and oxygen atoms in total. The highest BCUT2D eigenvalue weighted by molar-refractivity contribution is 5.14. The largest absolute Gasteiger partial charge is 0.311 e. The lowest BCUT2D eigenvalue weighted by Crippen LogP contribution is -2.45. The van der Waals surface area contributed by atoms with E-state index in [1.165, 1.54) is 24.9 Å². The fourth-order valence-electron chi connectivity index (χ4n) is 2.19. The molecule has 0 bridgehead atoms. The lowest BCUT2D eigenvalue weighted by atomic mass is 10.0. The first-order chi connectivity index (χ1) is 7.29. The molecule has 1 aromatic rings. The van der Waals surface area contributed by atoms with Crippen LogP contribution in [0.1, 0.15) is 25.3 Å². The maximum absolute atomic E-state index is 3.56. The van der Waals surface area contributed by atoms with Gasteiger partial charge >= 0.3 is 0 Å². The molecule has 1 saturated heterocycles. The Morgan fingerprint density at radius 1 is 1.33 bits per heavy atom. The maximum Gasteiger partial charge on any atom is 0.0278 e. The number of benzene rings is 1. The normalized spacial score (nSPS) is 25.7. The average Bonchev–Trinajstić information content (AvgIpc) is 2.67. The zero-order chi connectivity index (χ0) is 10.6. The van der Waals surface area contributed by atoms with Crippen LogP contribution in [-0.2, 0) is 6.54 Å². The third-order valence-corrected chi connectivity index (χ3v) is 3.14. The summed E-state index contributed by atoms with van der Waals surface area (Å²) in [7, 11) is 0. The molecular weight excluding hydrogens is 184 g/mol. The third-order valence-electron chi connectivity index (χ3n) is 3.14. The standard InChI is InChI=1S/C13H20N2/c1-13(8-5-9-15-13)11-14-10-12-6-3-2-4-7-12/h2-4,6-7,14-15H,5,8-11H2,1H3. The van der Waals surface area contributed by atoms with Crippen molar-refractivity contribution in [3.8, 4) is 0 Å². The molecule has 0 amide bonds. The first kappa shape index (κ1) is 10.7. The highest BCUT2D eigenvalue weighted by atomic mass is 15.0. The van der Waals surface area contributed by atoms with Crippen molar-refractivity contribution in [2.24, 2.45) is 0 Å². The van der Waals surface area contributed by atoms with Crippen LogP contribution in [-0.4, -0.2) is 18.6 Å². The molecule has 2 heteroatoms. The Balaban J connectivity index is 1.75. The molecular formula is C13H20N2. The molecule has 82 valence electrons. The van der Waals surface area contributed by atoms with Crippen LogP contribution in [0, 0.1) is 0 Å². The summed E-state index contributed by atoms with van der Waals surface area (Å²) in [5.74, 6) is 0. The second-order valence-corrected chi connectivity index (χ2v) is 4.68. The maximum atomic E-state index is 3.56. The van der Waals surface area contributed by atoms with Crippen molar-refractivity contribution in [2.75, 3.05) is 13.1 Å². The molecule has 0 radical (unpaired) electrons. The van der Waals surface area contributed by atoms with Crippen LogP contribution in [0.25, 0.3) is 0 Å². The van der Waals surface area contributed by atoms with Crippen LogP contribution in [0.2, 0.25) is 0 Å². The molecule has 1 heterocycles. The first-order valence-electron chi connectivity index (χ1n) is 5.78. The Morgan fingerprint density at radius 2 is 2.13 bits per heavy atom. The Kier molecular flexibility index (Phi) is 3.39. The van der Waals surface area contributed by atoms with Gasteiger partial charge in [0.25, 0.3) is 0 Å². The molecule has 0 aliphatic carbocycles. The second-order valence-electron chi connectivity index (χ2n) is 4.68. The van der Waals surface area contributed by atoms with E-state index in [1.54, 1.807) is 0 Å². The van der Waals surface area contributed by atoms with E-state index in [2.05, 4.69) is 47.9 Å². The number of rotatable bonds is 4. The molecule has 1 unspecified atom stereocenters. The van der Waals surface area contributed by atoms with E-state index in [1.807, 2.05) is 0 Å². The highest BCUT2D eigenvalue weighted by Gasteiger charge is 2.26. The van der Waals surface area contributed by atoms with Gasteiger partial charge in [0.05, 0.1) is 0 Å². The van der Waals surface area contributed by atoms with Gasteiger partial charge in [-0.2, -0.15) is 0 Å². The summed E-state index contributed by atoms with van der Waals surface area (Å²) in [6, 6.07) is 10.6. The Labute approximate surface area is 92.1 Å². The van der Waals surface area contributed by atoms with E-state index in [0.29, 0.717) is 5.54 Å². The number of hydrogen-bond acceptors (Lipinski definition) is 2. The lowest BCUT2D eigenvalue weighted by molar-refractivity contribution is 0.385. The average molecular weight is 204 g/mol. The van der Waals surface area contributed by atoms with Gasteiger partial charge < -0.3 is 10.6 Å². The molecule has 1 aliphatic rings. The molecule has 15 heavy (non-hydrogen) atoms. The predicted molar refractivity (Wildman–Crippen MR) is 63.8 cm³/mol. The summed E-state index contributed by atoms with van der Waals surface area (Å²) in [4.78, 5) is 0. The zero-order valence-electron chi connectivity index (χ0n) is 9.42. The fraction of sp³-hybridized carbons (Fsp3) is 0.538. The fourth-order valence-corrected chi connectivity index (χ4v) is 2.19. The molecule has 1 aromatic carbocycles. The van der Waals surface area contributed by atoms with Gasteiger partial charge in [0.2, 0.25) is 0 Å². The van der Waals surface area contributed by atoms with Crippen LogP contribution < -0.4 is 10.6 Å². The van der Waals surface area contributed by atoms with Crippen molar-refractivity contribution in [2.45, 2.75) is 31.8 Å². The third kappa shape index (κ3) is 3.05. The number of nitrogens with one attached hydrogen (secondary N) is 2. The van der Waals surface area contributed by atoms with Crippen LogP contribution in [0.4, 0.5) is 0 Å². The Hall–Kier alpha value is -0.860. The molecule has 2 rings (SSSR count). The van der Waals surface area contributed by atoms with Gasteiger partial charge in [0.1, 0.15) is 0 Å². The number of hydrogen-bond donors (Lipinski definition) is 2. The van der Waals surface area contributed by atoms with E-state index in [9.17, 15) is 0 Å². The van der Waals surface area contributed by atoms with Gasteiger partial charge in [-0.05, 0) is 31.9 Å². The van der Waals surface area contributed by atoms with E-state index in [4.69, 9.17) is 0 Å². The smallest absolute Gasteiger partial charge is 0.0278 e. The lowest BCUT2D eigenvalue weighted by Gasteiger charge is -2.24. The Morgan fingerprint density at radius 3 is 2.80 bits per heavy atom. The van der Waals surface area contributed by atoms with Crippen molar-refractivity contribution in [3.63, 3.8) is 0 Å². The van der Waals surface area contributed by atoms with Crippen molar-refractivity contribution >= 4 is 0 Å². The minimum Gasteiger partial charge on any atom is -0.311 e. The topological polar surface area (TPSA) is 24.1 Å². The molecule has 2 N–H and O–H groups in total. The van der Waals surface area contributed by atoms with Crippen LogP contribution in [0.15, 0.2) is 30.3 Å². The second kappa shape index (κ2) is 4.77. The van der Waals surface area contributed by atoms with Gasteiger partial charge in [-0.25, -0.2) is 0 Å². The van der Waals surface area contributed by atoms with E-state index in [0.717, 1.165) is 13.1 Å². The van der Waals surface area contributed by atoms with Gasteiger partial charge in [0, 0.05) is 18.6 Å². The van der Waals surface area contributed by atoms with E-state index >= 15 is 0 Å². The first-order valence-corrected chi connectivity index (χ1v) is 5.78. The molecule has 1 fully saturated rings.